The molecule has 0 aliphatic carbocycles. The van der Waals surface area contributed by atoms with Gasteiger partial charge in [0.25, 0.3) is 5.91 Å². The lowest BCUT2D eigenvalue weighted by Crippen LogP contribution is -2.45. The van der Waals surface area contributed by atoms with Crippen LogP contribution in [0.1, 0.15) is 23.5 Å². The second kappa shape index (κ2) is 20.0. The first-order chi connectivity index (χ1) is 27.7. The lowest BCUT2D eigenvalue weighted by molar-refractivity contribution is 0.0785. The first-order valence-electron chi connectivity index (χ1n) is 20.8. The molecule has 4 aromatic rings. The van der Waals surface area contributed by atoms with Crippen LogP contribution < -0.4 is 10.2 Å². The summed E-state index contributed by atoms with van der Waals surface area (Å²) in [5, 5.41) is 21.9. The van der Waals surface area contributed by atoms with Gasteiger partial charge in [-0.15, -0.1) is 0 Å². The van der Waals surface area contributed by atoms with E-state index in [2.05, 4.69) is 79.3 Å². The fourth-order valence-electron chi connectivity index (χ4n) is 6.52. The number of hydrogen-bond donors (Lipinski definition) is 2. The molecule has 1 aliphatic heterocycles. The lowest BCUT2D eigenvalue weighted by atomic mass is 10.0. The molecule has 1 fully saturated rings. The van der Waals surface area contributed by atoms with Crippen LogP contribution in [0.4, 0.5) is 16.2 Å². The third-order valence-corrected chi connectivity index (χ3v) is 15.6. The van der Waals surface area contributed by atoms with Crippen LogP contribution >= 0.6 is 0 Å². The number of ether oxygens (including phenoxy) is 3. The van der Waals surface area contributed by atoms with Gasteiger partial charge in [0.1, 0.15) is 20.2 Å². The molecule has 2 amide bonds. The van der Waals surface area contributed by atoms with Gasteiger partial charge in [-0.25, -0.2) is 19.1 Å². The molecule has 2 N–H and O–H groups in total. The highest BCUT2D eigenvalue weighted by molar-refractivity contribution is 6.76. The van der Waals surface area contributed by atoms with Gasteiger partial charge in [0.15, 0.2) is 0 Å². The number of amides is 2. The average Bonchev–Trinajstić information content (AvgIpc) is 3.93. The van der Waals surface area contributed by atoms with Crippen LogP contribution in [0.25, 0.3) is 22.4 Å². The smallest absolute Gasteiger partial charge is 0.407 e. The molecule has 0 bridgehead atoms. The van der Waals surface area contributed by atoms with E-state index in [1.807, 2.05) is 43.0 Å². The number of nitrogens with zero attached hydrogens (tertiary/aromatic N) is 8. The first-order valence-corrected chi connectivity index (χ1v) is 31.9. The summed E-state index contributed by atoms with van der Waals surface area (Å²) in [6.07, 6.45) is 9.65. The first kappa shape index (κ1) is 46.0. The van der Waals surface area contributed by atoms with E-state index >= 15 is 0 Å². The topological polar surface area (TPSA) is 154 Å². The van der Waals surface area contributed by atoms with Gasteiger partial charge >= 0.3 is 6.09 Å². The molecule has 0 saturated carbocycles. The fraction of sp³-hybridized carbons (Fsp3) is 0.585. The molecule has 1 aliphatic rings. The minimum absolute atomic E-state index is 0.0761. The van der Waals surface area contributed by atoms with Crippen LogP contribution in [0.5, 0.6) is 0 Å². The third-order valence-electron chi connectivity index (χ3n) is 10.4. The van der Waals surface area contributed by atoms with Crippen molar-refractivity contribution in [3.8, 4) is 22.4 Å². The number of benzene rings is 1. The molecule has 324 valence electrons. The van der Waals surface area contributed by atoms with Crippen molar-refractivity contribution in [3.63, 3.8) is 0 Å². The molecule has 1 aromatic carbocycles. The summed E-state index contributed by atoms with van der Waals surface area (Å²) in [5.41, 5.74) is 4.62. The Bertz CT molecular complexity index is 1990. The van der Waals surface area contributed by atoms with E-state index < -0.39 is 30.3 Å². The van der Waals surface area contributed by atoms with E-state index in [1.165, 1.54) is 4.90 Å². The quantitative estimate of drug-likeness (QED) is 0.0617. The van der Waals surface area contributed by atoms with E-state index in [0.717, 1.165) is 40.5 Å². The van der Waals surface area contributed by atoms with Gasteiger partial charge < -0.3 is 39.0 Å². The summed E-state index contributed by atoms with van der Waals surface area (Å²) in [4.78, 5) is 34.6. The van der Waals surface area contributed by atoms with Crippen molar-refractivity contribution >= 4 is 47.6 Å². The third kappa shape index (κ3) is 14.3. The Morgan fingerprint density at radius 3 is 1.83 bits per heavy atom. The van der Waals surface area contributed by atoms with Gasteiger partial charge in [0.2, 0.25) is 5.82 Å². The van der Waals surface area contributed by atoms with Gasteiger partial charge in [0, 0.05) is 99.9 Å². The van der Waals surface area contributed by atoms with Crippen molar-refractivity contribution in [2.45, 2.75) is 116 Å². The van der Waals surface area contributed by atoms with E-state index in [1.54, 1.807) is 27.2 Å². The second-order valence-electron chi connectivity index (χ2n) is 19.3. The predicted octanol–water partition coefficient (Wildman–Crippen LogP) is 8.38. The fourth-order valence-corrected chi connectivity index (χ4v) is 8.79. The second-order valence-corrected chi connectivity index (χ2v) is 36.2. The molecule has 5 rings (SSSR count). The Morgan fingerprint density at radius 2 is 1.29 bits per heavy atom. The largest absolute Gasteiger partial charge is 0.465 e. The van der Waals surface area contributed by atoms with E-state index in [-0.39, 0.29) is 24.5 Å². The van der Waals surface area contributed by atoms with Crippen LogP contribution in [-0.4, -0.2) is 121 Å². The van der Waals surface area contributed by atoms with Crippen LogP contribution in [0.3, 0.4) is 0 Å². The van der Waals surface area contributed by atoms with Gasteiger partial charge in [0.05, 0.1) is 29.5 Å². The number of rotatable bonds is 21. The molecular weight excluding hydrogens is 799 g/mol. The lowest BCUT2D eigenvalue weighted by Gasteiger charge is -2.37. The molecule has 1 saturated heterocycles. The van der Waals surface area contributed by atoms with Crippen LogP contribution in [0, 0.1) is 0 Å². The SMILES string of the molecule is CN(C(=O)O)C1CCN(c2ccc(-c3cnn(COCC[Si](C)(C)C)c3)cc2NC(=O)c2nc(-c3cnn(COCC[Si](C)(C)C)c3)cn2COCC[Si](C)(C)C)CC1. The monoisotopic (exact) mass is 865 g/mol. The van der Waals surface area contributed by atoms with Crippen molar-refractivity contribution in [2.75, 3.05) is 50.2 Å². The Labute approximate surface area is 353 Å². The van der Waals surface area contributed by atoms with E-state index in [0.29, 0.717) is 70.6 Å². The molecule has 0 radical (unpaired) electrons. The maximum absolute atomic E-state index is 14.5. The normalized spacial score (nSPS) is 14.2. The molecule has 4 heterocycles. The molecular formula is C41H67N9O6Si3. The zero-order chi connectivity index (χ0) is 43.0. The highest BCUT2D eigenvalue weighted by Crippen LogP contribution is 2.34. The maximum atomic E-state index is 14.5. The van der Waals surface area contributed by atoms with Crippen LogP contribution in [-0.2, 0) is 34.4 Å². The van der Waals surface area contributed by atoms with Gasteiger partial charge in [-0.05, 0) is 48.7 Å². The zero-order valence-corrected chi connectivity index (χ0v) is 40.0. The highest BCUT2D eigenvalue weighted by atomic mass is 28.3. The number of imidazole rings is 1. The molecule has 0 atom stereocenters. The van der Waals surface area contributed by atoms with Crippen LogP contribution in [0.2, 0.25) is 77.1 Å². The summed E-state index contributed by atoms with van der Waals surface area (Å²) >= 11 is 0. The van der Waals surface area contributed by atoms with Gasteiger partial charge in [-0.2, -0.15) is 10.2 Å². The maximum Gasteiger partial charge on any atom is 0.407 e. The van der Waals surface area contributed by atoms with E-state index in [9.17, 15) is 14.7 Å². The highest BCUT2D eigenvalue weighted by Gasteiger charge is 2.28. The number of piperidine rings is 1. The molecule has 59 heavy (non-hydrogen) atoms. The number of carboxylic acid groups (broad SMARTS) is 1. The zero-order valence-electron chi connectivity index (χ0n) is 37.0. The molecule has 3 aromatic heterocycles. The Balaban J connectivity index is 1.41. The number of carbonyl (C=O) groups is 2. The number of carbonyl (C=O) groups excluding carboxylic acids is 1. The van der Waals surface area contributed by atoms with Gasteiger partial charge in [-0.1, -0.05) is 65.0 Å². The van der Waals surface area contributed by atoms with Crippen molar-refractivity contribution in [2.24, 2.45) is 0 Å². The average molecular weight is 866 g/mol. The van der Waals surface area contributed by atoms with Crippen LogP contribution in [0.15, 0.2) is 49.2 Å². The number of nitrogens with one attached hydrogen (secondary N) is 1. The summed E-state index contributed by atoms with van der Waals surface area (Å²) in [6.45, 7) is 25.0. The summed E-state index contributed by atoms with van der Waals surface area (Å²) in [7, 11) is -2.13. The van der Waals surface area contributed by atoms with Crippen molar-refractivity contribution in [1.29, 1.82) is 0 Å². The van der Waals surface area contributed by atoms with Gasteiger partial charge in [-0.3, -0.25) is 4.79 Å². The molecule has 15 nitrogen and oxygen atoms in total. The Hall–Kier alpha value is -4.08. The summed E-state index contributed by atoms with van der Waals surface area (Å²) < 4.78 is 23.3. The minimum Gasteiger partial charge on any atom is -0.465 e. The number of hydrogen-bond acceptors (Lipinski definition) is 9. The summed E-state index contributed by atoms with van der Waals surface area (Å²) in [5.74, 6) is -0.161. The predicted molar refractivity (Wildman–Crippen MR) is 242 cm³/mol. The van der Waals surface area contributed by atoms with E-state index in [4.69, 9.17) is 19.2 Å². The van der Waals surface area contributed by atoms with Crippen molar-refractivity contribution < 1.29 is 28.9 Å². The molecule has 18 heteroatoms. The summed E-state index contributed by atoms with van der Waals surface area (Å²) in [6, 6.07) is 9.10. The molecule has 0 unspecified atom stereocenters. The molecule has 0 spiro atoms. The van der Waals surface area contributed by atoms with Crippen molar-refractivity contribution in [1.82, 2.24) is 34.0 Å². The standard InChI is InChI=1S/C41H67N9O6Si3/c1-46(41(52)53)35-13-15-47(16-14-35)38-12-11-32(33-24-42-49(26-33)30-55-18-21-58(5,6)7)23-36(38)45-40(51)39-44-37(28-48(39)29-54-17-20-57(2,3)4)34-25-43-50(27-34)31-56-19-22-59(8,9)10/h11-12,23-28,35H,13-22,29-31H2,1-10H3,(H,45,51)(H,52,53). The Morgan fingerprint density at radius 1 is 0.763 bits per heavy atom. The Kier molecular flexibility index (Phi) is 15.6. The minimum atomic E-state index is -1.34. The number of anilines is 2. The number of aromatic nitrogens is 6. The van der Waals surface area contributed by atoms with Crippen molar-refractivity contribution in [3.05, 3.63) is 55.0 Å².